The Morgan fingerprint density at radius 2 is 1.96 bits per heavy atom. The molecule has 45 heavy (non-hydrogen) atoms. The van der Waals surface area contributed by atoms with Crippen LogP contribution < -0.4 is 16.0 Å². The number of benzene rings is 2. The zero-order valence-corrected chi connectivity index (χ0v) is 25.4. The number of hydrogen-bond donors (Lipinski definition) is 3. The van der Waals surface area contributed by atoms with Crippen LogP contribution in [0.5, 0.6) is 0 Å². The van der Waals surface area contributed by atoms with Gasteiger partial charge in [-0.05, 0) is 61.7 Å². The number of methoxy groups -OCH3 is 1. The molecule has 2 aromatic carbocycles. The second kappa shape index (κ2) is 14.2. The Morgan fingerprint density at radius 1 is 1.13 bits per heavy atom. The third-order valence-electron chi connectivity index (χ3n) is 7.37. The number of carbonyl (C=O) groups excluding carboxylic acids is 3. The number of amides is 2. The summed E-state index contributed by atoms with van der Waals surface area (Å²) in [5.74, 6) is -1.43. The van der Waals surface area contributed by atoms with E-state index in [1.54, 1.807) is 31.3 Å². The van der Waals surface area contributed by atoms with Crippen LogP contribution in [0.4, 0.5) is 20.6 Å². The van der Waals surface area contributed by atoms with Crippen molar-refractivity contribution in [3.05, 3.63) is 89.2 Å². The summed E-state index contributed by atoms with van der Waals surface area (Å²) in [7, 11) is 1.27. The van der Waals surface area contributed by atoms with Gasteiger partial charge in [-0.15, -0.1) is 0 Å². The standard InChI is InChI=1S/C32H32ClFN6O5/c1-3-45-31(42)25-9-5-4-8-24(39-30(41)20-17-36-40(18-20)28-10-6-7-23(33)29(28)34)27-15-19(13-14-35-27)22-12-11-21(16-26(22)38-25)37-32(43)44-2/h6-7,10-18,24-25,38H,3-5,8-9H2,1-2H3,(H,37,43)(H,39,41)/t24-,25?/m0/s1. The summed E-state index contributed by atoms with van der Waals surface area (Å²) >= 11 is 5.92. The highest BCUT2D eigenvalue weighted by Crippen LogP contribution is 2.34. The topological polar surface area (TPSA) is 136 Å². The molecule has 4 aromatic rings. The molecular weight excluding hydrogens is 603 g/mol. The molecule has 11 nitrogen and oxygen atoms in total. The molecule has 1 unspecified atom stereocenters. The molecule has 0 radical (unpaired) electrons. The highest BCUT2D eigenvalue weighted by Gasteiger charge is 2.25. The zero-order valence-electron chi connectivity index (χ0n) is 24.7. The Kier molecular flexibility index (Phi) is 9.93. The van der Waals surface area contributed by atoms with Crippen LogP contribution in [0.2, 0.25) is 5.02 Å². The normalized spacial score (nSPS) is 16.2. The quantitative estimate of drug-likeness (QED) is 0.210. The molecule has 5 rings (SSSR count). The van der Waals surface area contributed by atoms with Gasteiger partial charge in [0.25, 0.3) is 5.91 Å². The summed E-state index contributed by atoms with van der Waals surface area (Å²) in [4.78, 5) is 42.8. The lowest BCUT2D eigenvalue weighted by atomic mass is 9.96. The Hall–Kier alpha value is -4.97. The van der Waals surface area contributed by atoms with Crippen LogP contribution in [0, 0.1) is 5.82 Å². The maximum Gasteiger partial charge on any atom is 0.411 e. The number of nitrogens with zero attached hydrogens (tertiary/aromatic N) is 3. The third kappa shape index (κ3) is 7.40. The monoisotopic (exact) mass is 634 g/mol. The molecule has 3 N–H and O–H groups in total. The van der Waals surface area contributed by atoms with Gasteiger partial charge in [-0.25, -0.2) is 18.7 Å². The predicted molar refractivity (Wildman–Crippen MR) is 167 cm³/mol. The average molecular weight is 635 g/mol. The van der Waals surface area contributed by atoms with E-state index in [1.165, 1.54) is 36.3 Å². The van der Waals surface area contributed by atoms with Gasteiger partial charge in [-0.2, -0.15) is 5.10 Å². The van der Waals surface area contributed by atoms with Gasteiger partial charge in [-0.3, -0.25) is 15.1 Å². The van der Waals surface area contributed by atoms with E-state index in [4.69, 9.17) is 21.1 Å². The first kappa shape index (κ1) is 31.5. The van der Waals surface area contributed by atoms with Gasteiger partial charge >= 0.3 is 12.1 Å². The van der Waals surface area contributed by atoms with Crippen LogP contribution in [0.1, 0.15) is 54.7 Å². The fourth-order valence-corrected chi connectivity index (χ4v) is 5.29. The molecule has 2 amide bonds. The summed E-state index contributed by atoms with van der Waals surface area (Å²) in [6, 6.07) is 12.4. The van der Waals surface area contributed by atoms with E-state index in [-0.39, 0.29) is 28.8 Å². The van der Waals surface area contributed by atoms with Gasteiger partial charge in [0.05, 0.1) is 42.2 Å². The van der Waals surface area contributed by atoms with Crippen LogP contribution in [-0.2, 0) is 14.3 Å². The molecule has 234 valence electrons. The van der Waals surface area contributed by atoms with Gasteiger partial charge in [-0.1, -0.05) is 36.6 Å². The molecule has 2 atom stereocenters. The maximum atomic E-state index is 14.6. The summed E-state index contributed by atoms with van der Waals surface area (Å²) in [6.07, 6.45) is 6.15. The van der Waals surface area contributed by atoms with Crippen molar-refractivity contribution in [3.63, 3.8) is 0 Å². The minimum Gasteiger partial charge on any atom is -0.464 e. The molecule has 0 saturated heterocycles. The molecule has 2 aromatic heterocycles. The van der Waals surface area contributed by atoms with E-state index < -0.39 is 29.9 Å². The first-order valence-electron chi connectivity index (χ1n) is 14.5. The van der Waals surface area contributed by atoms with Crippen LogP contribution in [0.15, 0.2) is 67.1 Å². The molecule has 1 aliphatic heterocycles. The van der Waals surface area contributed by atoms with Crippen LogP contribution in [-0.4, -0.2) is 52.5 Å². The SMILES string of the molecule is CCOC(=O)C1CCCC[C@H](NC(=O)c2cnn(-c3cccc(Cl)c3F)c2)c2cc(ccn2)-c2ccc(NC(=O)OC)cc2N1. The Labute approximate surface area is 264 Å². The molecule has 2 bridgehead atoms. The molecule has 0 saturated carbocycles. The number of aromatic nitrogens is 3. The molecular formula is C32H32ClFN6O5. The van der Waals surface area contributed by atoms with E-state index in [9.17, 15) is 18.8 Å². The number of pyridine rings is 1. The van der Waals surface area contributed by atoms with Gasteiger partial charge in [0, 0.05) is 29.3 Å². The number of carbonyl (C=O) groups is 3. The summed E-state index contributed by atoms with van der Waals surface area (Å²) < 4.78 is 25.9. The van der Waals surface area contributed by atoms with Gasteiger partial charge in [0.1, 0.15) is 11.7 Å². The lowest BCUT2D eigenvalue weighted by Crippen LogP contribution is -2.32. The first-order chi connectivity index (χ1) is 21.8. The highest BCUT2D eigenvalue weighted by molar-refractivity contribution is 6.30. The van der Waals surface area contributed by atoms with E-state index in [1.807, 2.05) is 18.2 Å². The van der Waals surface area contributed by atoms with Crippen LogP contribution >= 0.6 is 11.6 Å². The lowest BCUT2D eigenvalue weighted by molar-refractivity contribution is -0.144. The predicted octanol–water partition coefficient (Wildman–Crippen LogP) is 6.29. The van der Waals surface area contributed by atoms with Gasteiger partial charge < -0.3 is 20.1 Å². The fourth-order valence-electron chi connectivity index (χ4n) is 5.12. The summed E-state index contributed by atoms with van der Waals surface area (Å²) in [5.41, 5.74) is 3.59. The minimum absolute atomic E-state index is 0.0499. The summed E-state index contributed by atoms with van der Waals surface area (Å²) in [6.45, 7) is 1.98. The largest absolute Gasteiger partial charge is 0.464 e. The highest BCUT2D eigenvalue weighted by atomic mass is 35.5. The molecule has 0 aliphatic carbocycles. The van der Waals surface area contributed by atoms with E-state index in [2.05, 4.69) is 26.0 Å². The second-order valence-electron chi connectivity index (χ2n) is 10.4. The molecule has 3 heterocycles. The average Bonchev–Trinajstić information content (AvgIpc) is 3.53. The van der Waals surface area contributed by atoms with E-state index in [0.717, 1.165) is 11.1 Å². The number of ether oxygens (including phenoxy) is 2. The molecule has 1 aliphatic rings. The smallest absolute Gasteiger partial charge is 0.411 e. The Balaban J connectivity index is 1.46. The fraction of sp³-hybridized carbons (Fsp3) is 0.281. The number of anilines is 2. The van der Waals surface area contributed by atoms with Gasteiger partial charge in [0.2, 0.25) is 0 Å². The van der Waals surface area contributed by atoms with Crippen molar-refractivity contribution in [3.8, 4) is 16.8 Å². The number of rotatable bonds is 6. The zero-order chi connectivity index (χ0) is 31.9. The van der Waals surface area contributed by atoms with Gasteiger partial charge in [0.15, 0.2) is 5.82 Å². The first-order valence-corrected chi connectivity index (χ1v) is 14.8. The number of fused-ring (bicyclic) bond motifs is 4. The number of hydrogen-bond acceptors (Lipinski definition) is 8. The number of nitrogens with one attached hydrogen (secondary N) is 3. The van der Waals surface area contributed by atoms with E-state index in [0.29, 0.717) is 42.8 Å². The molecule has 0 spiro atoms. The lowest BCUT2D eigenvalue weighted by Gasteiger charge is -2.24. The maximum absolute atomic E-state index is 14.6. The van der Waals surface area contributed by atoms with Crippen molar-refractivity contribution in [2.45, 2.75) is 44.7 Å². The van der Waals surface area contributed by atoms with Crippen LogP contribution in [0.3, 0.4) is 0 Å². The second-order valence-corrected chi connectivity index (χ2v) is 10.8. The van der Waals surface area contributed by atoms with Crippen molar-refractivity contribution in [2.75, 3.05) is 24.4 Å². The third-order valence-corrected chi connectivity index (χ3v) is 7.66. The van der Waals surface area contributed by atoms with Crippen molar-refractivity contribution in [1.82, 2.24) is 20.1 Å². The minimum atomic E-state index is -0.649. The van der Waals surface area contributed by atoms with Crippen LogP contribution in [0.25, 0.3) is 16.8 Å². The number of esters is 1. The van der Waals surface area contributed by atoms with Crippen molar-refractivity contribution < 1.29 is 28.2 Å². The Bertz CT molecular complexity index is 1710. The van der Waals surface area contributed by atoms with Crippen molar-refractivity contribution in [1.29, 1.82) is 0 Å². The number of halogens is 2. The molecule has 0 fully saturated rings. The summed E-state index contributed by atoms with van der Waals surface area (Å²) in [5, 5.41) is 13.2. The van der Waals surface area contributed by atoms with Crippen molar-refractivity contribution in [2.24, 2.45) is 0 Å². The Morgan fingerprint density at radius 3 is 2.76 bits per heavy atom. The van der Waals surface area contributed by atoms with E-state index >= 15 is 0 Å². The molecule has 13 heteroatoms. The van der Waals surface area contributed by atoms with Crippen molar-refractivity contribution >= 4 is 40.9 Å².